The normalized spacial score (nSPS) is 14.1. The topological polar surface area (TPSA) is 58.9 Å². The van der Waals surface area contributed by atoms with Crippen LogP contribution in [0.25, 0.3) is 33.3 Å². The molecule has 4 aromatic rings. The van der Waals surface area contributed by atoms with Gasteiger partial charge in [-0.05, 0) is 41.0 Å². The average Bonchev–Trinajstić information content (AvgIpc) is 3.16. The van der Waals surface area contributed by atoms with Crippen molar-refractivity contribution in [2.45, 2.75) is 19.3 Å². The lowest BCUT2D eigenvalue weighted by Gasteiger charge is -2.21. The van der Waals surface area contributed by atoms with E-state index in [1.54, 1.807) is 12.1 Å². The molecule has 28 heavy (non-hydrogen) atoms. The van der Waals surface area contributed by atoms with Crippen molar-refractivity contribution in [1.82, 2.24) is 4.98 Å². The van der Waals surface area contributed by atoms with Crippen LogP contribution in [0.15, 0.2) is 60.7 Å². The van der Waals surface area contributed by atoms with E-state index in [1.807, 2.05) is 18.2 Å². The first-order chi connectivity index (χ1) is 13.4. The molecule has 3 aromatic carbocycles. The number of aromatic nitrogens is 1. The molecular formula is C23H17ClN2O2. The molecule has 0 atom stereocenters. The lowest BCUT2D eigenvalue weighted by atomic mass is 9.81. The number of rotatable bonds is 2. The van der Waals surface area contributed by atoms with Gasteiger partial charge in [0.1, 0.15) is 0 Å². The molecule has 1 N–H and O–H groups in total. The van der Waals surface area contributed by atoms with Crippen molar-refractivity contribution in [3.05, 3.63) is 86.9 Å². The molecule has 0 amide bonds. The van der Waals surface area contributed by atoms with Crippen molar-refractivity contribution < 1.29 is 4.92 Å². The summed E-state index contributed by atoms with van der Waals surface area (Å²) in [7, 11) is 0. The molecule has 5 rings (SSSR count). The Labute approximate surface area is 166 Å². The zero-order valence-corrected chi connectivity index (χ0v) is 16.2. The molecule has 1 heterocycles. The molecule has 0 saturated heterocycles. The summed E-state index contributed by atoms with van der Waals surface area (Å²) >= 11 is 6.14. The first-order valence-electron chi connectivity index (χ1n) is 9.08. The van der Waals surface area contributed by atoms with E-state index in [1.165, 1.54) is 22.8 Å². The lowest BCUT2D eigenvalue weighted by molar-refractivity contribution is -0.384. The van der Waals surface area contributed by atoms with Crippen LogP contribution < -0.4 is 0 Å². The Morgan fingerprint density at radius 2 is 1.79 bits per heavy atom. The second kappa shape index (κ2) is 5.69. The van der Waals surface area contributed by atoms with Crippen LogP contribution in [0.2, 0.25) is 5.02 Å². The summed E-state index contributed by atoms with van der Waals surface area (Å²) in [5.41, 5.74) is 7.12. The van der Waals surface area contributed by atoms with Gasteiger partial charge in [-0.3, -0.25) is 10.1 Å². The number of H-pyrrole nitrogens is 1. The van der Waals surface area contributed by atoms with Gasteiger partial charge in [0.15, 0.2) is 0 Å². The van der Waals surface area contributed by atoms with Crippen LogP contribution in [0.4, 0.5) is 5.69 Å². The van der Waals surface area contributed by atoms with Gasteiger partial charge >= 0.3 is 0 Å². The highest BCUT2D eigenvalue weighted by Crippen LogP contribution is 2.51. The Hall–Kier alpha value is -3.11. The predicted molar refractivity (Wildman–Crippen MR) is 113 cm³/mol. The Bertz CT molecular complexity index is 1290. The van der Waals surface area contributed by atoms with Crippen LogP contribution in [0.5, 0.6) is 0 Å². The molecule has 1 aliphatic carbocycles. The van der Waals surface area contributed by atoms with Gasteiger partial charge in [0.05, 0.1) is 16.2 Å². The van der Waals surface area contributed by atoms with E-state index < -0.39 is 0 Å². The molecule has 0 spiro atoms. The molecule has 0 saturated carbocycles. The largest absolute Gasteiger partial charge is 0.354 e. The standard InChI is InChI=1S/C23H17ClN2O2/c1-23(2)18-6-4-3-5-15(18)22-21(23)17-11-13(7-9-19(17)25-22)16-12-14(24)8-10-20(16)26(27)28/h3-12,25H,1-2H3. The highest BCUT2D eigenvalue weighted by molar-refractivity contribution is 6.31. The van der Waals surface area contributed by atoms with E-state index in [4.69, 9.17) is 11.6 Å². The van der Waals surface area contributed by atoms with Crippen LogP contribution in [0, 0.1) is 10.1 Å². The number of halogens is 1. The van der Waals surface area contributed by atoms with E-state index >= 15 is 0 Å². The van der Waals surface area contributed by atoms with Crippen molar-refractivity contribution in [1.29, 1.82) is 0 Å². The van der Waals surface area contributed by atoms with Gasteiger partial charge in [-0.2, -0.15) is 0 Å². The van der Waals surface area contributed by atoms with Gasteiger partial charge in [0.25, 0.3) is 5.69 Å². The third-order valence-electron chi connectivity index (χ3n) is 5.76. The van der Waals surface area contributed by atoms with Crippen LogP contribution in [-0.2, 0) is 5.41 Å². The van der Waals surface area contributed by atoms with Crippen LogP contribution in [0.3, 0.4) is 0 Å². The molecule has 5 heteroatoms. The highest BCUT2D eigenvalue weighted by Gasteiger charge is 2.38. The van der Waals surface area contributed by atoms with Gasteiger partial charge in [-0.25, -0.2) is 0 Å². The van der Waals surface area contributed by atoms with Gasteiger partial charge in [0.2, 0.25) is 0 Å². The minimum absolute atomic E-state index is 0.0541. The SMILES string of the molecule is CC1(C)c2ccccc2-c2[nH]c3ccc(-c4cc(Cl)ccc4[N+](=O)[O-])cc3c21. The van der Waals surface area contributed by atoms with Gasteiger partial charge in [-0.15, -0.1) is 0 Å². The minimum atomic E-state index is -0.364. The van der Waals surface area contributed by atoms with Crippen molar-refractivity contribution >= 4 is 28.2 Å². The number of benzene rings is 3. The van der Waals surface area contributed by atoms with Crippen LogP contribution >= 0.6 is 11.6 Å². The maximum absolute atomic E-state index is 11.5. The second-order valence-electron chi connectivity index (χ2n) is 7.72. The monoisotopic (exact) mass is 388 g/mol. The smallest absolute Gasteiger partial charge is 0.277 e. The Morgan fingerprint density at radius 1 is 1.00 bits per heavy atom. The van der Waals surface area contributed by atoms with Crippen molar-refractivity contribution in [3.63, 3.8) is 0 Å². The number of hydrogen-bond acceptors (Lipinski definition) is 2. The van der Waals surface area contributed by atoms with E-state index in [0.717, 1.165) is 22.2 Å². The molecular weight excluding hydrogens is 372 g/mol. The third-order valence-corrected chi connectivity index (χ3v) is 5.99. The van der Waals surface area contributed by atoms with Crippen molar-refractivity contribution in [3.8, 4) is 22.4 Å². The number of fused-ring (bicyclic) bond motifs is 5. The number of nitrogens with zero attached hydrogens (tertiary/aromatic N) is 1. The van der Waals surface area contributed by atoms with E-state index in [2.05, 4.69) is 43.1 Å². The van der Waals surface area contributed by atoms with Crippen LogP contribution in [0.1, 0.15) is 25.0 Å². The molecule has 4 nitrogen and oxygen atoms in total. The molecule has 0 unspecified atom stereocenters. The lowest BCUT2D eigenvalue weighted by Crippen LogP contribution is -2.14. The number of nitro groups is 1. The predicted octanol–water partition coefficient (Wildman–Crippen LogP) is 6.70. The van der Waals surface area contributed by atoms with E-state index in [-0.39, 0.29) is 16.0 Å². The quantitative estimate of drug-likeness (QED) is 0.306. The third kappa shape index (κ3) is 2.25. The summed E-state index contributed by atoms with van der Waals surface area (Å²) in [5.74, 6) is 0. The fourth-order valence-electron chi connectivity index (χ4n) is 4.49. The fraction of sp³-hybridized carbons (Fsp3) is 0.130. The highest BCUT2D eigenvalue weighted by atomic mass is 35.5. The first kappa shape index (κ1) is 17.0. The minimum Gasteiger partial charge on any atom is -0.354 e. The summed E-state index contributed by atoms with van der Waals surface area (Å²) in [5, 5.41) is 13.1. The first-order valence-corrected chi connectivity index (χ1v) is 9.46. The number of hydrogen-bond donors (Lipinski definition) is 1. The number of aromatic amines is 1. The summed E-state index contributed by atoms with van der Waals surface area (Å²) in [6.45, 7) is 4.44. The van der Waals surface area contributed by atoms with Crippen molar-refractivity contribution in [2.24, 2.45) is 0 Å². The molecule has 0 fully saturated rings. The molecule has 0 bridgehead atoms. The van der Waals surface area contributed by atoms with E-state index in [0.29, 0.717) is 10.6 Å². The average molecular weight is 389 g/mol. The summed E-state index contributed by atoms with van der Waals surface area (Å²) in [4.78, 5) is 14.7. The van der Waals surface area contributed by atoms with Gasteiger partial charge in [0, 0.05) is 33.0 Å². The van der Waals surface area contributed by atoms with Gasteiger partial charge in [-0.1, -0.05) is 55.8 Å². The number of nitrogens with one attached hydrogen (secondary N) is 1. The second-order valence-corrected chi connectivity index (χ2v) is 8.16. The maximum atomic E-state index is 11.5. The Kier molecular flexibility index (Phi) is 3.46. The Balaban J connectivity index is 1.79. The van der Waals surface area contributed by atoms with E-state index in [9.17, 15) is 10.1 Å². The summed E-state index contributed by atoms with van der Waals surface area (Å²) in [6.07, 6.45) is 0. The molecule has 1 aromatic heterocycles. The summed E-state index contributed by atoms with van der Waals surface area (Å²) < 4.78 is 0. The maximum Gasteiger partial charge on any atom is 0.277 e. The molecule has 0 radical (unpaired) electrons. The zero-order chi connectivity index (χ0) is 19.6. The fourth-order valence-corrected chi connectivity index (χ4v) is 4.66. The molecule has 1 aliphatic rings. The van der Waals surface area contributed by atoms with Gasteiger partial charge < -0.3 is 4.98 Å². The zero-order valence-electron chi connectivity index (χ0n) is 15.4. The molecule has 0 aliphatic heterocycles. The van der Waals surface area contributed by atoms with Crippen molar-refractivity contribution in [2.75, 3.05) is 0 Å². The Morgan fingerprint density at radius 3 is 2.57 bits per heavy atom. The van der Waals surface area contributed by atoms with Crippen LogP contribution in [-0.4, -0.2) is 9.91 Å². The number of nitro benzene ring substituents is 1. The summed E-state index contributed by atoms with van der Waals surface area (Å²) in [6, 6.07) is 19.0. The molecule has 138 valence electrons.